The maximum atomic E-state index is 13.3. The normalized spacial score (nSPS) is 25.0. The summed E-state index contributed by atoms with van der Waals surface area (Å²) in [7, 11) is 0. The highest BCUT2D eigenvalue weighted by molar-refractivity contribution is 5.34. The van der Waals surface area contributed by atoms with Crippen molar-refractivity contribution in [3.8, 4) is 0 Å². The first-order chi connectivity index (χ1) is 7.75. The minimum Gasteiger partial charge on any atom is -0.314 e. The Bertz CT molecular complexity index is 420. The molecule has 3 rings (SSSR count). The highest BCUT2D eigenvalue weighted by Crippen LogP contribution is 2.31. The molecule has 2 nitrogen and oxygen atoms in total. The Kier molecular flexibility index (Phi) is 2.41. The molecule has 2 aliphatic heterocycles. The molecule has 16 heavy (non-hydrogen) atoms. The van der Waals surface area contributed by atoms with Gasteiger partial charge < -0.3 is 5.32 Å². The molecule has 0 aromatic heterocycles. The van der Waals surface area contributed by atoms with Crippen molar-refractivity contribution in [1.82, 2.24) is 10.2 Å². The topological polar surface area (TPSA) is 15.3 Å². The molecule has 0 radical (unpaired) electrons. The van der Waals surface area contributed by atoms with Crippen LogP contribution in [-0.2, 0) is 6.42 Å². The molecule has 1 fully saturated rings. The summed E-state index contributed by atoms with van der Waals surface area (Å²) in [6.07, 6.45) is 0.822. The number of piperazine rings is 1. The van der Waals surface area contributed by atoms with Gasteiger partial charge >= 0.3 is 0 Å². The Morgan fingerprint density at radius 1 is 1.19 bits per heavy atom. The van der Waals surface area contributed by atoms with Crippen LogP contribution in [0.15, 0.2) is 12.1 Å². The van der Waals surface area contributed by atoms with Crippen LogP contribution in [0.5, 0.6) is 0 Å². The minimum absolute atomic E-state index is 0.215. The third-order valence-electron chi connectivity index (χ3n) is 3.56. The lowest BCUT2D eigenvalue weighted by Crippen LogP contribution is -2.48. The van der Waals surface area contributed by atoms with E-state index in [1.807, 2.05) is 0 Å². The Balaban J connectivity index is 2.04. The Morgan fingerprint density at radius 2 is 2.00 bits per heavy atom. The number of halogens is 2. The predicted molar refractivity (Wildman–Crippen MR) is 57.2 cm³/mol. The molecule has 4 heteroatoms. The SMILES string of the molecule is Fc1cc2c(cc1F)[C@H]1CNCCN1CC2. The number of nitrogens with zero attached hydrogens (tertiary/aromatic N) is 1. The van der Waals surface area contributed by atoms with Gasteiger partial charge in [0.15, 0.2) is 11.6 Å². The number of hydrogen-bond acceptors (Lipinski definition) is 2. The lowest BCUT2D eigenvalue weighted by molar-refractivity contribution is 0.151. The Hall–Kier alpha value is -1.00. The van der Waals surface area contributed by atoms with Crippen molar-refractivity contribution < 1.29 is 8.78 Å². The van der Waals surface area contributed by atoms with Gasteiger partial charge in [0.25, 0.3) is 0 Å². The van der Waals surface area contributed by atoms with Gasteiger partial charge in [-0.15, -0.1) is 0 Å². The van der Waals surface area contributed by atoms with Gasteiger partial charge in [-0.1, -0.05) is 0 Å². The number of rotatable bonds is 0. The molecule has 0 spiro atoms. The lowest BCUT2D eigenvalue weighted by atomic mass is 9.91. The second-order valence-electron chi connectivity index (χ2n) is 4.47. The standard InChI is InChI=1S/C12H14F2N2/c13-10-5-8-1-3-16-4-2-15-7-12(16)9(8)6-11(10)14/h5-6,12,15H,1-4,7H2/t12-/m1/s1. The van der Waals surface area contributed by atoms with Crippen molar-refractivity contribution in [2.45, 2.75) is 12.5 Å². The fourth-order valence-electron chi connectivity index (χ4n) is 2.71. The molecular weight excluding hydrogens is 210 g/mol. The molecule has 0 unspecified atom stereocenters. The monoisotopic (exact) mass is 224 g/mol. The molecule has 1 saturated heterocycles. The quantitative estimate of drug-likeness (QED) is 0.718. The van der Waals surface area contributed by atoms with Crippen molar-refractivity contribution in [3.05, 3.63) is 34.9 Å². The molecule has 2 aliphatic rings. The molecule has 0 aliphatic carbocycles. The highest BCUT2D eigenvalue weighted by Gasteiger charge is 2.30. The summed E-state index contributed by atoms with van der Waals surface area (Å²) < 4.78 is 26.4. The fourth-order valence-corrected chi connectivity index (χ4v) is 2.71. The molecule has 1 aromatic carbocycles. The Morgan fingerprint density at radius 3 is 2.88 bits per heavy atom. The zero-order valence-corrected chi connectivity index (χ0v) is 8.97. The van der Waals surface area contributed by atoms with E-state index in [4.69, 9.17) is 0 Å². The van der Waals surface area contributed by atoms with Crippen molar-refractivity contribution >= 4 is 0 Å². The van der Waals surface area contributed by atoms with Crippen LogP contribution in [0.2, 0.25) is 0 Å². The van der Waals surface area contributed by atoms with Crippen molar-refractivity contribution in [3.63, 3.8) is 0 Å². The fraction of sp³-hybridized carbons (Fsp3) is 0.500. The van der Waals surface area contributed by atoms with E-state index in [1.54, 1.807) is 0 Å². The largest absolute Gasteiger partial charge is 0.314 e. The maximum Gasteiger partial charge on any atom is 0.159 e. The van der Waals surface area contributed by atoms with Gasteiger partial charge in [0, 0.05) is 32.2 Å². The average Bonchev–Trinajstić information content (AvgIpc) is 2.31. The van der Waals surface area contributed by atoms with Gasteiger partial charge in [0.1, 0.15) is 0 Å². The predicted octanol–water partition coefficient (Wildman–Crippen LogP) is 1.47. The summed E-state index contributed by atoms with van der Waals surface area (Å²) in [6.45, 7) is 3.75. The van der Waals surface area contributed by atoms with Crippen LogP contribution < -0.4 is 5.32 Å². The first-order valence-electron chi connectivity index (χ1n) is 5.68. The van der Waals surface area contributed by atoms with E-state index in [-0.39, 0.29) is 6.04 Å². The summed E-state index contributed by atoms with van der Waals surface area (Å²) in [6, 6.07) is 2.94. The second-order valence-corrected chi connectivity index (χ2v) is 4.47. The van der Waals surface area contributed by atoms with E-state index in [0.717, 1.165) is 43.7 Å². The Labute approximate surface area is 93.3 Å². The highest BCUT2D eigenvalue weighted by atomic mass is 19.2. The van der Waals surface area contributed by atoms with E-state index in [1.165, 1.54) is 12.1 Å². The van der Waals surface area contributed by atoms with Gasteiger partial charge in [-0.25, -0.2) is 8.78 Å². The third-order valence-corrected chi connectivity index (χ3v) is 3.56. The van der Waals surface area contributed by atoms with E-state index in [2.05, 4.69) is 10.2 Å². The van der Waals surface area contributed by atoms with Gasteiger partial charge in [-0.2, -0.15) is 0 Å². The van der Waals surface area contributed by atoms with Gasteiger partial charge in [-0.3, -0.25) is 4.90 Å². The van der Waals surface area contributed by atoms with Crippen molar-refractivity contribution in [2.24, 2.45) is 0 Å². The van der Waals surface area contributed by atoms with Crippen LogP contribution in [0.1, 0.15) is 17.2 Å². The molecule has 0 saturated carbocycles. The van der Waals surface area contributed by atoms with Crippen LogP contribution in [-0.4, -0.2) is 31.1 Å². The number of benzene rings is 1. The van der Waals surface area contributed by atoms with Crippen LogP contribution in [0.25, 0.3) is 0 Å². The van der Waals surface area contributed by atoms with Crippen LogP contribution in [0.4, 0.5) is 8.78 Å². The van der Waals surface area contributed by atoms with Gasteiger partial charge in [0.05, 0.1) is 0 Å². The molecule has 1 atom stereocenters. The van der Waals surface area contributed by atoms with Crippen LogP contribution in [0, 0.1) is 11.6 Å². The lowest BCUT2D eigenvalue weighted by Gasteiger charge is -2.40. The number of nitrogens with one attached hydrogen (secondary N) is 1. The summed E-state index contributed by atoms with van der Waals surface area (Å²) in [5.74, 6) is -1.46. The van der Waals surface area contributed by atoms with E-state index >= 15 is 0 Å². The van der Waals surface area contributed by atoms with Crippen molar-refractivity contribution in [1.29, 1.82) is 0 Å². The first kappa shape index (κ1) is 10.2. The summed E-state index contributed by atoms with van der Waals surface area (Å²) in [5.41, 5.74) is 1.92. The van der Waals surface area contributed by atoms with Crippen LogP contribution >= 0.6 is 0 Å². The molecule has 0 amide bonds. The molecular formula is C12H14F2N2. The molecule has 1 N–H and O–H groups in total. The molecule has 0 bridgehead atoms. The van der Waals surface area contributed by atoms with Gasteiger partial charge in [0.2, 0.25) is 0 Å². The molecule has 1 aromatic rings. The third kappa shape index (κ3) is 1.53. The summed E-state index contributed by atoms with van der Waals surface area (Å²) >= 11 is 0. The first-order valence-corrected chi connectivity index (χ1v) is 5.68. The number of hydrogen-bond donors (Lipinski definition) is 1. The van der Waals surface area contributed by atoms with E-state index in [0.29, 0.717) is 0 Å². The number of fused-ring (bicyclic) bond motifs is 3. The van der Waals surface area contributed by atoms with Crippen LogP contribution in [0.3, 0.4) is 0 Å². The second kappa shape index (κ2) is 3.79. The average molecular weight is 224 g/mol. The van der Waals surface area contributed by atoms with Gasteiger partial charge in [-0.05, 0) is 29.7 Å². The van der Waals surface area contributed by atoms with Crippen molar-refractivity contribution in [2.75, 3.05) is 26.2 Å². The summed E-state index contributed by atoms with van der Waals surface area (Å²) in [5, 5.41) is 3.30. The molecule has 86 valence electrons. The zero-order valence-electron chi connectivity index (χ0n) is 8.97. The van der Waals surface area contributed by atoms with E-state index in [9.17, 15) is 8.78 Å². The maximum absolute atomic E-state index is 13.3. The zero-order chi connectivity index (χ0) is 11.1. The molecule has 2 heterocycles. The minimum atomic E-state index is -0.730. The smallest absolute Gasteiger partial charge is 0.159 e. The summed E-state index contributed by atoms with van der Waals surface area (Å²) in [4.78, 5) is 2.34. The van der Waals surface area contributed by atoms with E-state index < -0.39 is 11.6 Å².